The van der Waals surface area contributed by atoms with Crippen molar-refractivity contribution in [1.82, 2.24) is 14.9 Å². The number of benzene rings is 2. The first-order chi connectivity index (χ1) is 12.4. The third-order valence-corrected chi connectivity index (χ3v) is 4.62. The summed E-state index contributed by atoms with van der Waals surface area (Å²) in [5, 5.41) is 3.47. The number of aryl methyl sites for hydroxylation is 1. The number of aromatic amines is 1. The molecule has 7 heteroatoms. The van der Waals surface area contributed by atoms with Crippen LogP contribution in [0.5, 0.6) is 0 Å². The molecular formula is C19H18ClN3O3. The molecule has 0 aliphatic carbocycles. The Morgan fingerprint density at radius 2 is 1.96 bits per heavy atom. The van der Waals surface area contributed by atoms with Crippen LogP contribution < -0.4 is 16.4 Å². The number of aromatic nitrogens is 2. The van der Waals surface area contributed by atoms with E-state index in [0.29, 0.717) is 28.2 Å². The smallest absolute Gasteiger partial charge is 0.316 e. The summed E-state index contributed by atoms with van der Waals surface area (Å²) in [5.74, 6) is -0.297. The molecule has 3 rings (SSSR count). The Morgan fingerprint density at radius 1 is 1.23 bits per heavy atom. The predicted octanol–water partition coefficient (Wildman–Crippen LogP) is 2.85. The van der Waals surface area contributed by atoms with E-state index < -0.39 is 11.1 Å². The fourth-order valence-corrected chi connectivity index (χ4v) is 3.22. The van der Waals surface area contributed by atoms with Gasteiger partial charge >= 0.3 is 11.1 Å². The molecule has 0 radical (unpaired) electrons. The van der Waals surface area contributed by atoms with E-state index >= 15 is 0 Å². The maximum atomic E-state index is 12.6. The number of carbonyl (C=O) groups excluding carboxylic acids is 1. The predicted molar refractivity (Wildman–Crippen MR) is 102 cm³/mol. The molecular weight excluding hydrogens is 354 g/mol. The van der Waals surface area contributed by atoms with Crippen LogP contribution in [0.2, 0.25) is 5.02 Å². The van der Waals surface area contributed by atoms with Crippen molar-refractivity contribution in [3.63, 3.8) is 0 Å². The molecule has 0 aliphatic rings. The summed E-state index contributed by atoms with van der Waals surface area (Å²) >= 11 is 6.17. The number of amides is 1. The van der Waals surface area contributed by atoms with E-state index in [-0.39, 0.29) is 11.9 Å². The third kappa shape index (κ3) is 3.28. The summed E-state index contributed by atoms with van der Waals surface area (Å²) in [6.07, 6.45) is 0. The van der Waals surface area contributed by atoms with Crippen molar-refractivity contribution in [3.05, 3.63) is 79.3 Å². The topological polar surface area (TPSA) is 84.0 Å². The number of halogens is 1. The molecule has 0 saturated carbocycles. The minimum absolute atomic E-state index is 0.282. The van der Waals surface area contributed by atoms with Crippen LogP contribution in [-0.2, 0) is 6.54 Å². The van der Waals surface area contributed by atoms with Crippen LogP contribution in [0, 0.1) is 0 Å². The first-order valence-corrected chi connectivity index (χ1v) is 8.62. The third-order valence-electron chi connectivity index (χ3n) is 4.27. The van der Waals surface area contributed by atoms with Crippen molar-refractivity contribution in [2.24, 2.45) is 0 Å². The molecule has 134 valence electrons. The number of hydrogen-bond donors (Lipinski definition) is 2. The summed E-state index contributed by atoms with van der Waals surface area (Å²) in [6.45, 7) is 4.00. The van der Waals surface area contributed by atoms with Gasteiger partial charge in [0, 0.05) is 17.1 Å². The number of fused-ring (bicyclic) bond motifs is 1. The molecule has 2 aromatic carbocycles. The van der Waals surface area contributed by atoms with Crippen LogP contribution in [0.15, 0.2) is 52.1 Å². The van der Waals surface area contributed by atoms with Crippen LogP contribution in [0.3, 0.4) is 0 Å². The summed E-state index contributed by atoms with van der Waals surface area (Å²) in [4.78, 5) is 38.8. The molecule has 0 aliphatic heterocycles. The highest BCUT2D eigenvalue weighted by Crippen LogP contribution is 2.22. The van der Waals surface area contributed by atoms with Gasteiger partial charge in [-0.2, -0.15) is 0 Å². The zero-order valence-electron chi connectivity index (χ0n) is 14.4. The average Bonchev–Trinajstić information content (AvgIpc) is 2.62. The Labute approximate surface area is 154 Å². The number of rotatable bonds is 4. The Kier molecular flexibility index (Phi) is 4.95. The molecule has 1 atom stereocenters. The van der Waals surface area contributed by atoms with Gasteiger partial charge in [0.05, 0.1) is 17.1 Å². The van der Waals surface area contributed by atoms with Crippen LogP contribution in [0.25, 0.3) is 11.0 Å². The van der Waals surface area contributed by atoms with Gasteiger partial charge < -0.3 is 14.9 Å². The molecule has 0 spiro atoms. The summed E-state index contributed by atoms with van der Waals surface area (Å²) in [5.41, 5.74) is 0.901. The maximum Gasteiger partial charge on any atom is 0.316 e. The van der Waals surface area contributed by atoms with Crippen LogP contribution in [-0.4, -0.2) is 15.5 Å². The van der Waals surface area contributed by atoms with Gasteiger partial charge in [-0.05, 0) is 43.7 Å². The highest BCUT2D eigenvalue weighted by Gasteiger charge is 2.15. The lowest BCUT2D eigenvalue weighted by molar-refractivity contribution is 0.0940. The van der Waals surface area contributed by atoms with E-state index in [1.165, 1.54) is 4.57 Å². The zero-order chi connectivity index (χ0) is 18.8. The Bertz CT molecular complexity index is 1100. The minimum atomic E-state index is -0.707. The number of H-pyrrole nitrogens is 1. The molecule has 1 heterocycles. The molecule has 1 amide bonds. The summed E-state index contributed by atoms with van der Waals surface area (Å²) < 4.78 is 1.38. The van der Waals surface area contributed by atoms with Gasteiger partial charge in [0.15, 0.2) is 0 Å². The molecule has 3 aromatic rings. The highest BCUT2D eigenvalue weighted by atomic mass is 35.5. The molecule has 0 fully saturated rings. The number of nitrogens with one attached hydrogen (secondary N) is 2. The van der Waals surface area contributed by atoms with E-state index in [0.717, 1.165) is 5.56 Å². The Balaban J connectivity index is 1.94. The first kappa shape index (κ1) is 17.9. The van der Waals surface area contributed by atoms with Crippen molar-refractivity contribution >= 4 is 28.5 Å². The maximum absolute atomic E-state index is 12.6. The van der Waals surface area contributed by atoms with Crippen molar-refractivity contribution in [1.29, 1.82) is 0 Å². The van der Waals surface area contributed by atoms with Crippen molar-refractivity contribution in [2.45, 2.75) is 26.4 Å². The van der Waals surface area contributed by atoms with E-state index in [2.05, 4.69) is 10.3 Å². The lowest BCUT2D eigenvalue weighted by atomic mass is 10.1. The lowest BCUT2D eigenvalue weighted by Gasteiger charge is -2.16. The SMILES string of the molecule is CCn1c(=O)c(=O)[nH]c2cc(C(=O)NC(C)c3ccccc3Cl)ccc21. The van der Waals surface area contributed by atoms with Gasteiger partial charge in [-0.1, -0.05) is 29.8 Å². The van der Waals surface area contributed by atoms with E-state index in [9.17, 15) is 14.4 Å². The minimum Gasteiger partial charge on any atom is -0.345 e. The number of nitrogens with zero attached hydrogens (tertiary/aromatic N) is 1. The lowest BCUT2D eigenvalue weighted by Crippen LogP contribution is -2.36. The zero-order valence-corrected chi connectivity index (χ0v) is 15.1. The average molecular weight is 372 g/mol. The number of carbonyl (C=O) groups is 1. The van der Waals surface area contributed by atoms with E-state index in [1.807, 2.05) is 25.1 Å². The molecule has 1 aromatic heterocycles. The summed E-state index contributed by atoms with van der Waals surface area (Å²) in [7, 11) is 0. The second kappa shape index (κ2) is 7.17. The van der Waals surface area contributed by atoms with Gasteiger partial charge in [-0.15, -0.1) is 0 Å². The molecule has 26 heavy (non-hydrogen) atoms. The largest absolute Gasteiger partial charge is 0.345 e. The second-order valence-corrected chi connectivity index (χ2v) is 6.36. The number of hydrogen-bond acceptors (Lipinski definition) is 3. The van der Waals surface area contributed by atoms with Gasteiger partial charge in [0.25, 0.3) is 5.91 Å². The van der Waals surface area contributed by atoms with Gasteiger partial charge in [-0.25, -0.2) is 0 Å². The van der Waals surface area contributed by atoms with Crippen LogP contribution in [0.4, 0.5) is 0 Å². The highest BCUT2D eigenvalue weighted by molar-refractivity contribution is 6.31. The van der Waals surface area contributed by atoms with Crippen LogP contribution >= 0.6 is 11.6 Å². The molecule has 0 bridgehead atoms. The first-order valence-electron chi connectivity index (χ1n) is 8.24. The fraction of sp³-hybridized carbons (Fsp3) is 0.211. The monoisotopic (exact) mass is 371 g/mol. The molecule has 6 nitrogen and oxygen atoms in total. The normalized spacial score (nSPS) is 12.1. The van der Waals surface area contributed by atoms with Gasteiger partial charge in [0.1, 0.15) is 0 Å². The van der Waals surface area contributed by atoms with Gasteiger partial charge in [0.2, 0.25) is 0 Å². The Morgan fingerprint density at radius 3 is 2.65 bits per heavy atom. The van der Waals surface area contributed by atoms with Crippen LogP contribution in [0.1, 0.15) is 35.8 Å². The summed E-state index contributed by atoms with van der Waals surface area (Å²) in [6, 6.07) is 11.9. The quantitative estimate of drug-likeness (QED) is 0.692. The molecule has 0 saturated heterocycles. The van der Waals surface area contributed by atoms with Gasteiger partial charge in [-0.3, -0.25) is 14.4 Å². The van der Waals surface area contributed by atoms with Crippen molar-refractivity contribution in [2.75, 3.05) is 0 Å². The second-order valence-electron chi connectivity index (χ2n) is 5.95. The standard InChI is InChI=1S/C19H18ClN3O3/c1-3-23-16-9-8-12(10-15(16)22-18(25)19(23)26)17(24)21-11(2)13-6-4-5-7-14(13)20/h4-11H,3H2,1-2H3,(H,21,24)(H,22,25). The molecule has 1 unspecified atom stereocenters. The van der Waals surface area contributed by atoms with Crippen molar-refractivity contribution in [3.8, 4) is 0 Å². The fourth-order valence-electron chi connectivity index (χ4n) is 2.92. The van der Waals surface area contributed by atoms with Crippen molar-refractivity contribution < 1.29 is 4.79 Å². The van der Waals surface area contributed by atoms with E-state index in [1.54, 1.807) is 31.2 Å². The Hall–Kier alpha value is -2.86. The molecule has 2 N–H and O–H groups in total. The van der Waals surface area contributed by atoms with E-state index in [4.69, 9.17) is 11.6 Å².